The molecule has 4 rings (SSSR count). The number of hydrogen-bond donors (Lipinski definition) is 2. The van der Waals surface area contributed by atoms with Crippen LogP contribution in [0.4, 0.5) is 0 Å². The Morgan fingerprint density at radius 2 is 1.78 bits per heavy atom. The predicted octanol–water partition coefficient (Wildman–Crippen LogP) is 2.83. The SMILES string of the molecule is O=C(NCCc1nnc2ccccn12)c1ccc(Cl)c(S(=O)(=O)NCc2ccccc2)c1. The summed E-state index contributed by atoms with van der Waals surface area (Å²) in [6.45, 7) is 0.424. The van der Waals surface area contributed by atoms with Crippen LogP contribution in [0.3, 0.4) is 0 Å². The van der Waals surface area contributed by atoms with Crippen molar-refractivity contribution in [3.63, 3.8) is 0 Å². The molecule has 1 amide bonds. The molecule has 0 aliphatic carbocycles. The third-order valence-electron chi connectivity index (χ3n) is 4.81. The van der Waals surface area contributed by atoms with Crippen molar-refractivity contribution in [3.8, 4) is 0 Å². The Balaban J connectivity index is 1.42. The molecule has 8 nitrogen and oxygen atoms in total. The van der Waals surface area contributed by atoms with Crippen molar-refractivity contribution in [1.82, 2.24) is 24.6 Å². The van der Waals surface area contributed by atoms with E-state index in [2.05, 4.69) is 20.2 Å². The van der Waals surface area contributed by atoms with Gasteiger partial charge in [-0.15, -0.1) is 10.2 Å². The third kappa shape index (κ3) is 4.96. The van der Waals surface area contributed by atoms with Gasteiger partial charge in [0.2, 0.25) is 10.0 Å². The van der Waals surface area contributed by atoms with Crippen LogP contribution in [0.5, 0.6) is 0 Å². The molecule has 0 saturated heterocycles. The maximum atomic E-state index is 12.7. The van der Waals surface area contributed by atoms with Gasteiger partial charge in [-0.05, 0) is 35.9 Å². The zero-order valence-electron chi connectivity index (χ0n) is 16.9. The van der Waals surface area contributed by atoms with Gasteiger partial charge in [-0.25, -0.2) is 13.1 Å². The van der Waals surface area contributed by atoms with E-state index in [9.17, 15) is 13.2 Å². The Hall–Kier alpha value is -3.27. The number of amides is 1. The Bertz CT molecular complexity index is 1360. The van der Waals surface area contributed by atoms with E-state index in [1.165, 1.54) is 18.2 Å². The fourth-order valence-electron chi connectivity index (χ4n) is 3.15. The predicted molar refractivity (Wildman–Crippen MR) is 121 cm³/mol. The molecule has 2 aromatic carbocycles. The maximum absolute atomic E-state index is 12.7. The molecular formula is C22H20ClN5O3S. The Morgan fingerprint density at radius 1 is 1.00 bits per heavy atom. The molecule has 10 heteroatoms. The number of nitrogens with zero attached hydrogens (tertiary/aromatic N) is 3. The van der Waals surface area contributed by atoms with Gasteiger partial charge in [0.15, 0.2) is 5.65 Å². The van der Waals surface area contributed by atoms with Gasteiger partial charge < -0.3 is 5.32 Å². The van der Waals surface area contributed by atoms with Crippen LogP contribution in [0.1, 0.15) is 21.7 Å². The second-order valence-electron chi connectivity index (χ2n) is 7.01. The number of carbonyl (C=O) groups excluding carboxylic acids is 1. The molecular weight excluding hydrogens is 450 g/mol. The first-order chi connectivity index (χ1) is 15.4. The molecule has 0 radical (unpaired) electrons. The third-order valence-corrected chi connectivity index (χ3v) is 6.69. The van der Waals surface area contributed by atoms with Crippen LogP contribution in [0.15, 0.2) is 77.8 Å². The number of fused-ring (bicyclic) bond motifs is 1. The zero-order chi connectivity index (χ0) is 22.6. The Labute approximate surface area is 190 Å². The number of carbonyl (C=O) groups is 1. The molecule has 0 fully saturated rings. The maximum Gasteiger partial charge on any atom is 0.251 e. The average molecular weight is 470 g/mol. The second kappa shape index (κ2) is 9.47. The van der Waals surface area contributed by atoms with Gasteiger partial charge in [0.1, 0.15) is 10.7 Å². The number of sulfonamides is 1. The molecule has 0 aliphatic rings. The summed E-state index contributed by atoms with van der Waals surface area (Å²) in [7, 11) is -3.91. The van der Waals surface area contributed by atoms with Crippen LogP contribution < -0.4 is 10.0 Å². The lowest BCUT2D eigenvalue weighted by molar-refractivity contribution is 0.0953. The van der Waals surface area contributed by atoms with Crippen LogP contribution in [-0.4, -0.2) is 35.5 Å². The first-order valence-electron chi connectivity index (χ1n) is 9.84. The van der Waals surface area contributed by atoms with E-state index in [4.69, 9.17) is 11.6 Å². The molecule has 0 bridgehead atoms. The summed E-state index contributed by atoms with van der Waals surface area (Å²) in [4.78, 5) is 12.4. The van der Waals surface area contributed by atoms with E-state index in [1.54, 1.807) is 0 Å². The summed E-state index contributed by atoms with van der Waals surface area (Å²) in [5.74, 6) is 0.306. The lowest BCUT2D eigenvalue weighted by Gasteiger charge is -2.11. The highest BCUT2D eigenvalue weighted by Crippen LogP contribution is 2.23. The second-order valence-corrected chi connectivity index (χ2v) is 9.15. The normalized spacial score (nSPS) is 11.5. The number of rotatable bonds is 8. The highest BCUT2D eigenvalue weighted by Gasteiger charge is 2.20. The summed E-state index contributed by atoms with van der Waals surface area (Å²) < 4.78 is 29.9. The Morgan fingerprint density at radius 3 is 2.59 bits per heavy atom. The lowest BCUT2D eigenvalue weighted by atomic mass is 10.2. The fraction of sp³-hybridized carbons (Fsp3) is 0.136. The molecule has 0 spiro atoms. The molecule has 2 N–H and O–H groups in total. The highest BCUT2D eigenvalue weighted by atomic mass is 35.5. The van der Waals surface area contributed by atoms with E-state index < -0.39 is 15.9 Å². The quantitative estimate of drug-likeness (QED) is 0.413. The van der Waals surface area contributed by atoms with Gasteiger partial charge in [0, 0.05) is 31.3 Å². The minimum absolute atomic E-state index is 0.0389. The number of pyridine rings is 1. The van der Waals surface area contributed by atoms with Gasteiger partial charge in [0.05, 0.1) is 5.02 Å². The van der Waals surface area contributed by atoms with Gasteiger partial charge in [-0.3, -0.25) is 9.20 Å². The van der Waals surface area contributed by atoms with Crippen LogP contribution in [-0.2, 0) is 23.0 Å². The highest BCUT2D eigenvalue weighted by molar-refractivity contribution is 7.89. The molecule has 0 saturated carbocycles. The molecule has 0 atom stereocenters. The van der Waals surface area contributed by atoms with Crippen molar-refractivity contribution >= 4 is 33.2 Å². The summed E-state index contributed by atoms with van der Waals surface area (Å²) in [5.41, 5.74) is 1.73. The van der Waals surface area contributed by atoms with Crippen LogP contribution in [0.2, 0.25) is 5.02 Å². The van der Waals surface area contributed by atoms with E-state index >= 15 is 0 Å². The molecule has 2 heterocycles. The number of benzene rings is 2. The molecule has 2 aromatic heterocycles. The minimum atomic E-state index is -3.91. The van der Waals surface area contributed by atoms with Crippen LogP contribution in [0.25, 0.3) is 5.65 Å². The van der Waals surface area contributed by atoms with Crippen LogP contribution in [0, 0.1) is 0 Å². The summed E-state index contributed by atoms with van der Waals surface area (Å²) >= 11 is 6.13. The smallest absolute Gasteiger partial charge is 0.251 e. The zero-order valence-corrected chi connectivity index (χ0v) is 18.5. The minimum Gasteiger partial charge on any atom is -0.352 e. The van der Waals surface area contributed by atoms with Crippen molar-refractivity contribution in [1.29, 1.82) is 0 Å². The van der Waals surface area contributed by atoms with E-state index in [0.29, 0.717) is 18.8 Å². The van der Waals surface area contributed by atoms with Crippen molar-refractivity contribution in [2.75, 3.05) is 6.54 Å². The van der Waals surface area contributed by atoms with Crippen molar-refractivity contribution < 1.29 is 13.2 Å². The van der Waals surface area contributed by atoms with E-state index in [1.807, 2.05) is 59.1 Å². The Kier molecular flexibility index (Phi) is 6.50. The largest absolute Gasteiger partial charge is 0.352 e. The van der Waals surface area contributed by atoms with Gasteiger partial charge in [0.25, 0.3) is 5.91 Å². The van der Waals surface area contributed by atoms with E-state index in [-0.39, 0.29) is 22.0 Å². The van der Waals surface area contributed by atoms with Gasteiger partial charge in [-0.1, -0.05) is 48.0 Å². The first kappa shape index (κ1) is 21.9. The van der Waals surface area contributed by atoms with Crippen LogP contribution >= 0.6 is 11.6 Å². The molecule has 164 valence electrons. The number of aromatic nitrogens is 3. The van der Waals surface area contributed by atoms with E-state index in [0.717, 1.165) is 11.2 Å². The van der Waals surface area contributed by atoms with Crippen molar-refractivity contribution in [2.24, 2.45) is 0 Å². The summed E-state index contributed by atoms with van der Waals surface area (Å²) in [6.07, 6.45) is 2.32. The number of halogens is 1. The fourth-order valence-corrected chi connectivity index (χ4v) is 4.70. The molecule has 0 aliphatic heterocycles. The van der Waals surface area contributed by atoms with Gasteiger partial charge >= 0.3 is 0 Å². The first-order valence-corrected chi connectivity index (χ1v) is 11.7. The molecule has 4 aromatic rings. The summed E-state index contributed by atoms with van der Waals surface area (Å²) in [5, 5.41) is 11.0. The average Bonchev–Trinajstić information content (AvgIpc) is 3.22. The molecule has 32 heavy (non-hydrogen) atoms. The van der Waals surface area contributed by atoms with Gasteiger partial charge in [-0.2, -0.15) is 0 Å². The summed E-state index contributed by atoms with van der Waals surface area (Å²) in [6, 6.07) is 18.9. The van der Waals surface area contributed by atoms with Crippen molar-refractivity contribution in [2.45, 2.75) is 17.9 Å². The monoisotopic (exact) mass is 469 g/mol. The van der Waals surface area contributed by atoms with Crippen molar-refractivity contribution in [3.05, 3.63) is 94.9 Å². The topological polar surface area (TPSA) is 105 Å². The number of nitrogens with one attached hydrogen (secondary N) is 2. The lowest BCUT2D eigenvalue weighted by Crippen LogP contribution is -2.27. The molecule has 0 unspecified atom stereocenters. The standard InChI is InChI=1S/C22H20ClN5O3S/c23-18-10-9-17(14-19(18)32(30,31)25-15-16-6-2-1-3-7-16)22(29)24-12-11-21-27-26-20-8-4-5-13-28(20)21/h1-10,13-14,25H,11-12,15H2,(H,24,29). The number of hydrogen-bond acceptors (Lipinski definition) is 5.